The van der Waals surface area contributed by atoms with Crippen LogP contribution in [-0.2, 0) is 19.3 Å². The molecule has 1 saturated heterocycles. The number of piperidine rings is 1. The van der Waals surface area contributed by atoms with Gasteiger partial charge in [0.2, 0.25) is 0 Å². The summed E-state index contributed by atoms with van der Waals surface area (Å²) < 4.78 is 0. The van der Waals surface area contributed by atoms with Crippen molar-refractivity contribution in [3.8, 4) is 0 Å². The lowest BCUT2D eigenvalue weighted by molar-refractivity contribution is 0.0705. The highest BCUT2D eigenvalue weighted by atomic mass is 16.1. The molecule has 1 aromatic heterocycles. The molecule has 0 amide bonds. The third-order valence-corrected chi connectivity index (χ3v) is 5.38. The highest BCUT2D eigenvalue weighted by Crippen LogP contribution is 2.39. The van der Waals surface area contributed by atoms with Crippen molar-refractivity contribution in [2.75, 3.05) is 20.1 Å². The Morgan fingerprint density at radius 2 is 2.05 bits per heavy atom. The number of rotatable bonds is 0. The van der Waals surface area contributed by atoms with Crippen LogP contribution in [0.4, 0.5) is 0 Å². The van der Waals surface area contributed by atoms with Crippen LogP contribution in [0, 0.1) is 11.8 Å². The Hall–Kier alpha value is -1.09. The van der Waals surface area contributed by atoms with Crippen LogP contribution in [0.3, 0.4) is 0 Å². The van der Waals surface area contributed by atoms with Gasteiger partial charge in [-0.3, -0.25) is 4.79 Å². The van der Waals surface area contributed by atoms with E-state index < -0.39 is 0 Å². The molecule has 0 bridgehead atoms. The highest BCUT2D eigenvalue weighted by Gasteiger charge is 2.41. The van der Waals surface area contributed by atoms with Crippen LogP contribution in [0.2, 0.25) is 0 Å². The molecule has 3 heteroatoms. The number of fused-ring (bicyclic) bond motifs is 4. The lowest BCUT2D eigenvalue weighted by atomic mass is 9.72. The molecule has 3 nitrogen and oxygen atoms in total. The monoisotopic (exact) mass is 258 g/mol. The number of carbonyl (C=O) groups excluding carboxylic acids is 1. The summed E-state index contributed by atoms with van der Waals surface area (Å²) in [5.74, 6) is 1.28. The van der Waals surface area contributed by atoms with Crippen LogP contribution in [0.25, 0.3) is 0 Å². The van der Waals surface area contributed by atoms with Crippen molar-refractivity contribution in [2.45, 2.75) is 38.5 Å². The SMILES string of the molecule is CN1CC[C@H]2Cc3[nH]c4c(c3C(=O)[C@@H]2C1)CCCC4. The fourth-order valence-corrected chi connectivity index (χ4v) is 4.35. The van der Waals surface area contributed by atoms with Gasteiger partial charge in [0, 0.05) is 29.4 Å². The van der Waals surface area contributed by atoms with E-state index >= 15 is 0 Å². The highest BCUT2D eigenvalue weighted by molar-refractivity contribution is 6.02. The second-order valence-electron chi connectivity index (χ2n) is 6.63. The largest absolute Gasteiger partial charge is 0.361 e. The summed E-state index contributed by atoms with van der Waals surface area (Å²) in [7, 11) is 2.14. The molecule has 2 atom stereocenters. The molecule has 0 spiro atoms. The molecule has 1 N–H and O–H groups in total. The second kappa shape index (κ2) is 4.20. The van der Waals surface area contributed by atoms with Crippen LogP contribution < -0.4 is 0 Å². The van der Waals surface area contributed by atoms with Gasteiger partial charge < -0.3 is 9.88 Å². The summed E-state index contributed by atoms with van der Waals surface area (Å²) in [6, 6.07) is 0. The Morgan fingerprint density at radius 3 is 2.95 bits per heavy atom. The minimum Gasteiger partial charge on any atom is -0.361 e. The maximum absolute atomic E-state index is 12.9. The molecule has 1 fully saturated rings. The lowest BCUT2D eigenvalue weighted by Gasteiger charge is -2.38. The van der Waals surface area contributed by atoms with Crippen LogP contribution in [0.15, 0.2) is 0 Å². The van der Waals surface area contributed by atoms with Crippen molar-refractivity contribution in [3.05, 3.63) is 22.5 Å². The van der Waals surface area contributed by atoms with E-state index in [1.807, 2.05) is 0 Å². The lowest BCUT2D eigenvalue weighted by Crippen LogP contribution is -2.45. The van der Waals surface area contributed by atoms with Gasteiger partial charge in [-0.15, -0.1) is 0 Å². The predicted octanol–water partition coefficient (Wildman–Crippen LogP) is 2.20. The first kappa shape index (κ1) is 11.7. The van der Waals surface area contributed by atoms with Gasteiger partial charge in [-0.2, -0.15) is 0 Å². The number of nitrogens with zero attached hydrogens (tertiary/aromatic N) is 1. The Bertz CT molecular complexity index is 531. The van der Waals surface area contributed by atoms with E-state index in [1.165, 1.54) is 36.2 Å². The maximum atomic E-state index is 12.9. The summed E-state index contributed by atoms with van der Waals surface area (Å²) in [5.41, 5.74) is 5.11. The maximum Gasteiger partial charge on any atom is 0.169 e. The number of hydrogen-bond donors (Lipinski definition) is 1. The second-order valence-corrected chi connectivity index (χ2v) is 6.63. The fourth-order valence-electron chi connectivity index (χ4n) is 4.35. The van der Waals surface area contributed by atoms with Crippen molar-refractivity contribution in [3.63, 3.8) is 0 Å². The summed E-state index contributed by atoms with van der Waals surface area (Å²) >= 11 is 0. The van der Waals surface area contributed by atoms with Gasteiger partial charge in [0.1, 0.15) is 0 Å². The number of Topliss-reactive ketones (excluding diaryl/α,β-unsaturated/α-hetero) is 1. The van der Waals surface area contributed by atoms with Crippen molar-refractivity contribution in [1.82, 2.24) is 9.88 Å². The molecule has 3 aliphatic rings. The zero-order valence-corrected chi connectivity index (χ0v) is 11.7. The number of aryl methyl sites for hydroxylation is 1. The van der Waals surface area contributed by atoms with E-state index in [0.717, 1.165) is 37.9 Å². The summed E-state index contributed by atoms with van der Waals surface area (Å²) in [6.07, 6.45) is 7.06. The number of H-pyrrole nitrogens is 1. The smallest absolute Gasteiger partial charge is 0.169 e. The number of aromatic nitrogens is 1. The van der Waals surface area contributed by atoms with Crippen LogP contribution in [0.1, 0.15) is 46.6 Å². The predicted molar refractivity (Wildman–Crippen MR) is 74.6 cm³/mol. The van der Waals surface area contributed by atoms with Crippen LogP contribution >= 0.6 is 0 Å². The summed E-state index contributed by atoms with van der Waals surface area (Å²) in [6.45, 7) is 2.10. The first-order valence-electron chi connectivity index (χ1n) is 7.69. The van der Waals surface area contributed by atoms with E-state index in [-0.39, 0.29) is 5.92 Å². The minimum absolute atomic E-state index is 0.257. The molecule has 0 aromatic carbocycles. The number of carbonyl (C=O) groups is 1. The fraction of sp³-hybridized carbons (Fsp3) is 0.688. The standard InChI is InChI=1S/C16H22N2O/c1-18-7-6-10-8-14-15(16(19)12(10)9-18)11-4-2-3-5-13(11)17-14/h10,12,17H,2-9H2,1H3/t10-,12+/m0/s1. The van der Waals surface area contributed by atoms with Crippen LogP contribution in [0.5, 0.6) is 0 Å². The first-order valence-corrected chi connectivity index (χ1v) is 7.69. The molecular weight excluding hydrogens is 236 g/mol. The van der Waals surface area contributed by atoms with Crippen molar-refractivity contribution in [2.24, 2.45) is 11.8 Å². The molecule has 0 radical (unpaired) electrons. The van der Waals surface area contributed by atoms with Crippen LogP contribution in [-0.4, -0.2) is 35.8 Å². The molecule has 1 aliphatic heterocycles. The van der Waals surface area contributed by atoms with E-state index in [0.29, 0.717) is 11.7 Å². The van der Waals surface area contributed by atoms with Crippen molar-refractivity contribution in [1.29, 1.82) is 0 Å². The molecule has 0 saturated carbocycles. The van der Waals surface area contributed by atoms with Gasteiger partial charge in [0.15, 0.2) is 5.78 Å². The number of aromatic amines is 1. The molecule has 102 valence electrons. The quantitative estimate of drug-likeness (QED) is 0.774. The molecule has 4 rings (SSSR count). The average Bonchev–Trinajstić information content (AvgIpc) is 2.78. The number of nitrogens with one attached hydrogen (secondary N) is 1. The van der Waals surface area contributed by atoms with E-state index in [4.69, 9.17) is 0 Å². The van der Waals surface area contributed by atoms with Gasteiger partial charge in [-0.25, -0.2) is 0 Å². The van der Waals surface area contributed by atoms with E-state index in [9.17, 15) is 4.79 Å². The third kappa shape index (κ3) is 1.71. The van der Waals surface area contributed by atoms with Gasteiger partial charge in [0.25, 0.3) is 0 Å². The average molecular weight is 258 g/mol. The number of likely N-dealkylation sites (tertiary alicyclic amines) is 1. The Labute approximate surface area is 114 Å². The minimum atomic E-state index is 0.257. The molecule has 19 heavy (non-hydrogen) atoms. The zero-order valence-electron chi connectivity index (χ0n) is 11.7. The molecule has 0 unspecified atom stereocenters. The van der Waals surface area contributed by atoms with Gasteiger partial charge in [-0.05, 0) is 63.6 Å². The number of hydrogen-bond acceptors (Lipinski definition) is 2. The zero-order chi connectivity index (χ0) is 13.0. The van der Waals surface area contributed by atoms with Crippen molar-refractivity contribution >= 4 is 5.78 Å². The van der Waals surface area contributed by atoms with Gasteiger partial charge >= 0.3 is 0 Å². The molecule has 2 aliphatic carbocycles. The first-order chi connectivity index (χ1) is 9.24. The normalized spacial score (nSPS) is 30.7. The van der Waals surface area contributed by atoms with Gasteiger partial charge in [-0.1, -0.05) is 0 Å². The van der Waals surface area contributed by atoms with E-state index in [1.54, 1.807) is 0 Å². The Morgan fingerprint density at radius 1 is 1.21 bits per heavy atom. The Balaban J connectivity index is 1.77. The topological polar surface area (TPSA) is 36.1 Å². The third-order valence-electron chi connectivity index (χ3n) is 5.38. The van der Waals surface area contributed by atoms with Crippen molar-refractivity contribution < 1.29 is 4.79 Å². The number of ketones is 1. The van der Waals surface area contributed by atoms with E-state index in [2.05, 4.69) is 16.9 Å². The Kier molecular flexibility index (Phi) is 2.59. The summed E-state index contributed by atoms with van der Waals surface area (Å²) in [4.78, 5) is 18.8. The molecular formula is C16H22N2O. The summed E-state index contributed by atoms with van der Waals surface area (Å²) in [5, 5.41) is 0. The molecule has 1 aromatic rings. The van der Waals surface area contributed by atoms with Gasteiger partial charge in [0.05, 0.1) is 0 Å². The molecule has 2 heterocycles.